The van der Waals surface area contributed by atoms with Gasteiger partial charge in [0, 0.05) is 23.9 Å². The quantitative estimate of drug-likeness (QED) is 0.308. The van der Waals surface area contributed by atoms with Gasteiger partial charge in [0.05, 0.1) is 6.04 Å². The number of amidine groups is 1. The van der Waals surface area contributed by atoms with Crippen LogP contribution in [0.3, 0.4) is 0 Å². The van der Waals surface area contributed by atoms with Gasteiger partial charge in [-0.3, -0.25) is 4.79 Å². The van der Waals surface area contributed by atoms with Crippen molar-refractivity contribution >= 4 is 23.5 Å². The molecule has 0 aliphatic carbocycles. The van der Waals surface area contributed by atoms with E-state index in [9.17, 15) is 4.79 Å². The predicted octanol–water partition coefficient (Wildman–Crippen LogP) is 5.49. The first-order chi connectivity index (χ1) is 13.2. The van der Waals surface area contributed by atoms with Crippen molar-refractivity contribution in [3.05, 3.63) is 35.4 Å². The molecule has 27 heavy (non-hydrogen) atoms. The minimum absolute atomic E-state index is 0.0133. The highest BCUT2D eigenvalue weighted by atomic mass is 35.5. The molecule has 1 aromatic carbocycles. The largest absolute Gasteiger partial charge is 0.384 e. The van der Waals surface area contributed by atoms with Crippen molar-refractivity contribution in [2.45, 2.75) is 83.6 Å². The van der Waals surface area contributed by atoms with E-state index in [0.717, 1.165) is 19.3 Å². The van der Waals surface area contributed by atoms with E-state index in [0.29, 0.717) is 17.9 Å². The molecule has 0 bridgehead atoms. The summed E-state index contributed by atoms with van der Waals surface area (Å²) < 4.78 is 3.55. The number of aryl methyl sites for hydroxylation is 1. The van der Waals surface area contributed by atoms with Crippen molar-refractivity contribution in [2.24, 2.45) is 10.2 Å². The van der Waals surface area contributed by atoms with Crippen LogP contribution in [0.15, 0.2) is 28.8 Å². The van der Waals surface area contributed by atoms with Crippen LogP contribution in [0.4, 0.5) is 0 Å². The third-order valence-corrected chi connectivity index (χ3v) is 5.67. The first-order valence-electron chi connectivity index (χ1n) is 10.5. The molecule has 2 rings (SSSR count). The Morgan fingerprint density at radius 1 is 1.11 bits per heavy atom. The van der Waals surface area contributed by atoms with Crippen LogP contribution in [0.2, 0.25) is 0 Å². The number of likely N-dealkylation sites (tertiary alicyclic amines) is 1. The normalized spacial score (nSPS) is 17.5. The molecule has 5 heteroatoms. The highest BCUT2D eigenvalue weighted by molar-refractivity contribution is 6.20. The highest BCUT2D eigenvalue weighted by Gasteiger charge is 2.31. The molecule has 0 radical (unpaired) electrons. The molecule has 150 valence electrons. The van der Waals surface area contributed by atoms with Crippen LogP contribution in [-0.4, -0.2) is 29.2 Å². The Morgan fingerprint density at radius 3 is 2.37 bits per heavy atom. The summed E-state index contributed by atoms with van der Waals surface area (Å²) in [7, 11) is 0. The first kappa shape index (κ1) is 21.7. The predicted molar refractivity (Wildman–Crippen MR) is 114 cm³/mol. The van der Waals surface area contributed by atoms with Gasteiger partial charge in [0.1, 0.15) is 5.84 Å². The molecule has 1 amide bonds. The van der Waals surface area contributed by atoms with E-state index in [-0.39, 0.29) is 11.9 Å². The van der Waals surface area contributed by atoms with Crippen molar-refractivity contribution in [3.63, 3.8) is 0 Å². The van der Waals surface area contributed by atoms with E-state index in [2.05, 4.69) is 23.6 Å². The van der Waals surface area contributed by atoms with Crippen molar-refractivity contribution in [1.82, 2.24) is 4.90 Å². The lowest BCUT2D eigenvalue weighted by Crippen LogP contribution is -2.43. The summed E-state index contributed by atoms with van der Waals surface area (Å²) in [5, 5.41) is 0. The number of rotatable bonds is 11. The van der Waals surface area contributed by atoms with Gasteiger partial charge in [-0.25, -0.2) is 0 Å². The van der Waals surface area contributed by atoms with Crippen molar-refractivity contribution in [3.8, 4) is 0 Å². The van der Waals surface area contributed by atoms with Crippen LogP contribution in [-0.2, 0) is 6.42 Å². The molecule has 0 aromatic heterocycles. The number of nitrogens with two attached hydrogens (primary N) is 1. The van der Waals surface area contributed by atoms with Gasteiger partial charge < -0.3 is 10.6 Å². The molecule has 1 aliphatic heterocycles. The number of nitrogens with zero attached hydrogens (tertiary/aromatic N) is 2. The Hall–Kier alpha value is -1.55. The third kappa shape index (κ3) is 6.84. The van der Waals surface area contributed by atoms with Gasteiger partial charge in [-0.05, 0) is 43.4 Å². The molecule has 0 spiro atoms. The van der Waals surface area contributed by atoms with E-state index >= 15 is 0 Å². The fourth-order valence-corrected chi connectivity index (χ4v) is 3.93. The van der Waals surface area contributed by atoms with Crippen LogP contribution in [0.25, 0.3) is 0 Å². The van der Waals surface area contributed by atoms with Crippen LogP contribution >= 0.6 is 11.8 Å². The summed E-state index contributed by atoms with van der Waals surface area (Å²) in [5.41, 5.74) is 7.86. The number of carbonyl (C=O) groups is 1. The van der Waals surface area contributed by atoms with Crippen molar-refractivity contribution < 1.29 is 4.79 Å². The van der Waals surface area contributed by atoms with E-state index < -0.39 is 0 Å². The van der Waals surface area contributed by atoms with Gasteiger partial charge >= 0.3 is 0 Å². The van der Waals surface area contributed by atoms with Gasteiger partial charge in [-0.1, -0.05) is 64.0 Å². The Bertz CT molecular complexity index is 600. The van der Waals surface area contributed by atoms with E-state index in [1.165, 1.54) is 56.9 Å². The summed E-state index contributed by atoms with van der Waals surface area (Å²) in [4.78, 5) is 14.6. The maximum atomic E-state index is 12.8. The number of carbonyl (C=O) groups excluding carboxylic acids is 1. The standard InChI is InChI=1S/C22H34ClN3O/c1-2-3-4-5-6-7-8-9-11-18-13-15-19(16-14-18)22(27)26-17-10-12-20(26)21(24)25-23/h13-16,20H,2-12,17H2,1H3,(H2,24,25)/t20-/m0/s1. The fourth-order valence-electron chi connectivity index (χ4n) is 3.82. The summed E-state index contributed by atoms with van der Waals surface area (Å²) >= 11 is 5.50. The second-order valence-electron chi connectivity index (χ2n) is 7.59. The zero-order valence-electron chi connectivity index (χ0n) is 16.6. The van der Waals surface area contributed by atoms with Gasteiger partial charge in [0.2, 0.25) is 0 Å². The lowest BCUT2D eigenvalue weighted by atomic mass is 10.0. The summed E-state index contributed by atoms with van der Waals surface area (Å²) in [5.74, 6) is 0.341. The minimum atomic E-state index is -0.174. The Morgan fingerprint density at radius 2 is 1.74 bits per heavy atom. The molecule has 1 aromatic rings. The number of amides is 1. The number of halogens is 1. The smallest absolute Gasteiger partial charge is 0.254 e. The molecule has 1 aliphatic rings. The first-order valence-corrected chi connectivity index (χ1v) is 10.9. The van der Waals surface area contributed by atoms with Gasteiger partial charge in [0.15, 0.2) is 0 Å². The second-order valence-corrected chi connectivity index (χ2v) is 7.76. The zero-order chi connectivity index (χ0) is 19.5. The topological polar surface area (TPSA) is 58.7 Å². The van der Waals surface area contributed by atoms with E-state index in [1.807, 2.05) is 12.1 Å². The summed E-state index contributed by atoms with van der Waals surface area (Å²) in [6, 6.07) is 7.86. The highest BCUT2D eigenvalue weighted by Crippen LogP contribution is 2.21. The zero-order valence-corrected chi connectivity index (χ0v) is 17.4. The number of hydrogen-bond acceptors (Lipinski definition) is 2. The van der Waals surface area contributed by atoms with E-state index in [1.54, 1.807) is 4.90 Å². The molecule has 1 fully saturated rings. The van der Waals surface area contributed by atoms with Crippen molar-refractivity contribution in [2.75, 3.05) is 6.54 Å². The van der Waals surface area contributed by atoms with Crippen LogP contribution in [0, 0.1) is 0 Å². The van der Waals surface area contributed by atoms with E-state index in [4.69, 9.17) is 17.5 Å². The Labute approximate surface area is 169 Å². The van der Waals surface area contributed by atoms with Crippen LogP contribution in [0.5, 0.6) is 0 Å². The second kappa shape index (κ2) is 12.0. The minimum Gasteiger partial charge on any atom is -0.384 e. The summed E-state index contributed by atoms with van der Waals surface area (Å²) in [6.07, 6.45) is 13.5. The third-order valence-electron chi connectivity index (χ3n) is 5.47. The van der Waals surface area contributed by atoms with Gasteiger partial charge in [-0.2, -0.15) is 4.51 Å². The maximum absolute atomic E-state index is 12.8. The summed E-state index contributed by atoms with van der Waals surface area (Å²) in [6.45, 7) is 2.96. The van der Waals surface area contributed by atoms with Crippen LogP contribution in [0.1, 0.15) is 87.1 Å². The lowest BCUT2D eigenvalue weighted by molar-refractivity contribution is 0.0769. The average Bonchev–Trinajstić information content (AvgIpc) is 3.19. The average molecular weight is 392 g/mol. The van der Waals surface area contributed by atoms with Gasteiger partial charge in [0.25, 0.3) is 5.91 Å². The molecule has 0 saturated carbocycles. The van der Waals surface area contributed by atoms with Crippen molar-refractivity contribution in [1.29, 1.82) is 0 Å². The number of benzene rings is 1. The Kier molecular flexibility index (Phi) is 9.68. The molecule has 2 N–H and O–H groups in total. The maximum Gasteiger partial charge on any atom is 0.254 e. The Balaban J connectivity index is 1.75. The molecule has 4 nitrogen and oxygen atoms in total. The SMILES string of the molecule is CCCCCCCCCCc1ccc(C(=O)N2CCC[C@H]2/C(N)=N\Cl)cc1. The monoisotopic (exact) mass is 391 g/mol. The molecule has 1 heterocycles. The molecule has 0 unspecified atom stereocenters. The van der Waals surface area contributed by atoms with Gasteiger partial charge in [-0.15, -0.1) is 0 Å². The molecular formula is C22H34ClN3O. The lowest BCUT2D eigenvalue weighted by Gasteiger charge is -2.23. The molecule has 1 saturated heterocycles. The van der Waals surface area contributed by atoms with Crippen LogP contribution < -0.4 is 5.73 Å². The molecular weight excluding hydrogens is 358 g/mol. The fraction of sp³-hybridized carbons (Fsp3) is 0.636. The number of hydrogen-bond donors (Lipinski definition) is 1. The number of unbranched alkanes of at least 4 members (excludes halogenated alkanes) is 7. The molecule has 1 atom stereocenters.